The number of furan rings is 1. The van der Waals surface area contributed by atoms with Gasteiger partial charge in [-0.1, -0.05) is 56.3 Å². The van der Waals surface area contributed by atoms with Crippen LogP contribution in [0, 0.1) is 6.92 Å². The number of hydrogen-bond donors (Lipinski definition) is 1. The summed E-state index contributed by atoms with van der Waals surface area (Å²) in [5.41, 5.74) is 9.48. The topological polar surface area (TPSA) is 37.5 Å². The van der Waals surface area contributed by atoms with Crippen LogP contribution in [0.25, 0.3) is 11.3 Å². The van der Waals surface area contributed by atoms with Gasteiger partial charge < -0.3 is 9.73 Å². The summed E-state index contributed by atoms with van der Waals surface area (Å²) in [5.74, 6) is 2.02. The van der Waals surface area contributed by atoms with Gasteiger partial charge in [0.2, 0.25) is 0 Å². The lowest BCUT2D eigenvalue weighted by atomic mass is 9.68. The average Bonchev–Trinajstić information content (AvgIpc) is 3.32. The molecule has 0 bridgehead atoms. The normalized spacial score (nSPS) is 23.3. The lowest BCUT2D eigenvalue weighted by Crippen LogP contribution is -2.30. The van der Waals surface area contributed by atoms with E-state index in [1.165, 1.54) is 46.2 Å². The highest BCUT2D eigenvalue weighted by atomic mass is 16.3. The Morgan fingerprint density at radius 3 is 2.72 bits per heavy atom. The molecule has 1 N–H and O–H groups in total. The van der Waals surface area contributed by atoms with Gasteiger partial charge in [-0.2, -0.15) is 0 Å². The maximum atomic E-state index is 6.11. The molecule has 1 aliphatic heterocycles. The summed E-state index contributed by atoms with van der Waals surface area (Å²) in [6, 6.07) is 15.4. The molecule has 0 saturated carbocycles. The van der Waals surface area contributed by atoms with Crippen LogP contribution in [0.4, 0.5) is 0 Å². The van der Waals surface area contributed by atoms with Crippen LogP contribution in [0.15, 0.2) is 58.1 Å². The van der Waals surface area contributed by atoms with Crippen LogP contribution in [-0.2, 0) is 11.8 Å². The minimum atomic E-state index is 0.104. The zero-order chi connectivity index (χ0) is 19.8. The molecule has 1 aromatic heterocycles. The van der Waals surface area contributed by atoms with Crippen molar-refractivity contribution < 1.29 is 4.42 Å². The lowest BCUT2D eigenvalue weighted by molar-refractivity contribution is 0.426. The van der Waals surface area contributed by atoms with Crippen molar-refractivity contribution in [2.45, 2.75) is 57.5 Å². The van der Waals surface area contributed by atoms with E-state index in [4.69, 9.17) is 9.41 Å². The second kappa shape index (κ2) is 5.85. The van der Waals surface area contributed by atoms with Crippen LogP contribution in [0.5, 0.6) is 0 Å². The number of rotatable bonds is 1. The number of benzene rings is 2. The fraction of sp³-hybridized carbons (Fsp3) is 0.346. The van der Waals surface area contributed by atoms with Crippen molar-refractivity contribution in [3.63, 3.8) is 0 Å². The summed E-state index contributed by atoms with van der Waals surface area (Å²) in [6.45, 7) is 6.91. The van der Waals surface area contributed by atoms with E-state index in [-0.39, 0.29) is 17.5 Å². The first-order valence-electron chi connectivity index (χ1n) is 10.7. The minimum absolute atomic E-state index is 0.104. The number of aliphatic imine (C=N–C) groups is 1. The molecule has 0 saturated heterocycles. The molecule has 3 heteroatoms. The van der Waals surface area contributed by atoms with E-state index in [2.05, 4.69) is 68.6 Å². The third kappa shape index (κ3) is 2.33. The van der Waals surface area contributed by atoms with Gasteiger partial charge in [0.25, 0.3) is 0 Å². The van der Waals surface area contributed by atoms with Gasteiger partial charge in [0.15, 0.2) is 0 Å². The Balaban J connectivity index is 1.61. The zero-order valence-electron chi connectivity index (χ0n) is 17.3. The van der Waals surface area contributed by atoms with E-state index in [1.54, 1.807) is 0 Å². The van der Waals surface area contributed by atoms with Crippen LogP contribution in [0.2, 0.25) is 0 Å². The third-order valence-corrected chi connectivity index (χ3v) is 7.11. The average molecular weight is 383 g/mol. The number of hydrogen-bond acceptors (Lipinski definition) is 3. The van der Waals surface area contributed by atoms with Crippen molar-refractivity contribution in [1.82, 2.24) is 5.32 Å². The van der Waals surface area contributed by atoms with Gasteiger partial charge in [0.1, 0.15) is 17.6 Å². The fourth-order valence-electron chi connectivity index (χ4n) is 5.69. The van der Waals surface area contributed by atoms with E-state index in [9.17, 15) is 0 Å². The molecular weight excluding hydrogens is 356 g/mol. The second-order valence-corrected chi connectivity index (χ2v) is 9.36. The van der Waals surface area contributed by atoms with Crippen molar-refractivity contribution >= 4 is 5.84 Å². The van der Waals surface area contributed by atoms with Gasteiger partial charge in [0, 0.05) is 16.7 Å². The van der Waals surface area contributed by atoms with Crippen LogP contribution in [0.1, 0.15) is 72.2 Å². The summed E-state index contributed by atoms with van der Waals surface area (Å²) in [4.78, 5) is 5.26. The van der Waals surface area contributed by atoms with Gasteiger partial charge in [-0.15, -0.1) is 0 Å². The highest BCUT2D eigenvalue weighted by Crippen LogP contribution is 2.54. The van der Waals surface area contributed by atoms with Gasteiger partial charge in [-0.05, 0) is 53.9 Å². The molecular formula is C26H26N2O. The van der Waals surface area contributed by atoms with Gasteiger partial charge >= 0.3 is 0 Å². The molecule has 146 valence electrons. The van der Waals surface area contributed by atoms with Crippen molar-refractivity contribution in [2.75, 3.05) is 0 Å². The Kier molecular flexibility index (Phi) is 3.45. The monoisotopic (exact) mass is 382 g/mol. The first-order valence-corrected chi connectivity index (χ1v) is 10.7. The molecule has 0 spiro atoms. The van der Waals surface area contributed by atoms with E-state index >= 15 is 0 Å². The summed E-state index contributed by atoms with van der Waals surface area (Å²) >= 11 is 0. The molecule has 3 aliphatic rings. The predicted molar refractivity (Wildman–Crippen MR) is 116 cm³/mol. The standard InChI is InChI=1S/C26H26N2O/c1-15-14-29-24-18-11-12-19-17(10-7-13-26(19,2)3)21(18)23-22(20(15)24)27-25(28-23)16-8-5-4-6-9-16/h4-6,8-9,11-12,14,22-23H,7,10,13H2,1-3H3,(H,27,28). The second-order valence-electron chi connectivity index (χ2n) is 9.36. The smallest absolute Gasteiger partial charge is 0.139 e. The molecule has 2 aliphatic carbocycles. The summed E-state index contributed by atoms with van der Waals surface area (Å²) < 4.78 is 6.11. The van der Waals surface area contributed by atoms with Crippen molar-refractivity contribution in [3.8, 4) is 11.3 Å². The van der Waals surface area contributed by atoms with Gasteiger partial charge in [-0.3, -0.25) is 4.99 Å². The third-order valence-electron chi connectivity index (χ3n) is 7.11. The number of nitrogens with zero attached hydrogens (tertiary/aromatic N) is 1. The highest BCUT2D eigenvalue weighted by molar-refractivity contribution is 6.01. The highest BCUT2D eigenvalue weighted by Gasteiger charge is 2.44. The van der Waals surface area contributed by atoms with Crippen LogP contribution >= 0.6 is 0 Å². The molecule has 0 radical (unpaired) electrons. The molecule has 2 unspecified atom stereocenters. The predicted octanol–water partition coefficient (Wildman–Crippen LogP) is 6.01. The number of amidine groups is 1. The fourth-order valence-corrected chi connectivity index (χ4v) is 5.69. The van der Waals surface area contributed by atoms with Crippen molar-refractivity contribution in [1.29, 1.82) is 0 Å². The van der Waals surface area contributed by atoms with Gasteiger partial charge in [0.05, 0.1) is 12.3 Å². The van der Waals surface area contributed by atoms with Crippen LogP contribution in [0.3, 0.4) is 0 Å². The van der Waals surface area contributed by atoms with Crippen LogP contribution < -0.4 is 5.32 Å². The van der Waals surface area contributed by atoms with E-state index < -0.39 is 0 Å². The maximum Gasteiger partial charge on any atom is 0.139 e. The van der Waals surface area contributed by atoms with Crippen LogP contribution in [-0.4, -0.2) is 5.84 Å². The Morgan fingerprint density at radius 2 is 1.90 bits per heavy atom. The summed E-state index contributed by atoms with van der Waals surface area (Å²) in [7, 11) is 0. The molecule has 3 nitrogen and oxygen atoms in total. The van der Waals surface area contributed by atoms with Crippen molar-refractivity contribution in [2.24, 2.45) is 4.99 Å². The molecule has 29 heavy (non-hydrogen) atoms. The zero-order valence-corrected chi connectivity index (χ0v) is 17.3. The Morgan fingerprint density at radius 1 is 1.07 bits per heavy atom. The maximum absolute atomic E-state index is 6.11. The van der Waals surface area contributed by atoms with E-state index in [0.717, 1.165) is 23.6 Å². The number of aryl methyl sites for hydroxylation is 1. The van der Waals surface area contributed by atoms with Crippen molar-refractivity contribution in [3.05, 3.63) is 82.1 Å². The number of nitrogens with one attached hydrogen (secondary N) is 1. The molecule has 3 aromatic rings. The quantitative estimate of drug-likeness (QED) is 0.559. The molecule has 2 atom stereocenters. The Hall–Kier alpha value is -2.81. The lowest BCUT2D eigenvalue weighted by Gasteiger charge is -2.37. The van der Waals surface area contributed by atoms with E-state index in [0.29, 0.717) is 0 Å². The first-order chi connectivity index (χ1) is 14.0. The largest absolute Gasteiger partial charge is 0.464 e. The first kappa shape index (κ1) is 17.1. The molecule has 6 rings (SSSR count). The minimum Gasteiger partial charge on any atom is -0.464 e. The molecule has 0 amide bonds. The summed E-state index contributed by atoms with van der Waals surface area (Å²) in [6.07, 6.45) is 5.52. The Labute approximate surface area is 171 Å². The Bertz CT molecular complexity index is 1150. The number of fused-ring (bicyclic) bond motifs is 8. The summed E-state index contributed by atoms with van der Waals surface area (Å²) in [5, 5.41) is 3.75. The molecule has 2 aromatic carbocycles. The van der Waals surface area contributed by atoms with Gasteiger partial charge in [-0.25, -0.2) is 0 Å². The van der Waals surface area contributed by atoms with E-state index in [1.807, 2.05) is 6.26 Å². The SMILES string of the molecule is Cc1coc2c1C1NC(c3ccccc3)=NC1c1c-2ccc2c1CCCC2(C)C. The molecule has 2 heterocycles. The molecule has 0 fully saturated rings.